The Morgan fingerprint density at radius 3 is 2.44 bits per heavy atom. The van der Waals surface area contributed by atoms with Crippen LogP contribution < -0.4 is 0 Å². The van der Waals surface area contributed by atoms with Gasteiger partial charge in [-0.2, -0.15) is 8.42 Å². The van der Waals surface area contributed by atoms with Gasteiger partial charge in [0.25, 0.3) is 10.1 Å². The summed E-state index contributed by atoms with van der Waals surface area (Å²) in [5.41, 5.74) is 0.975. The lowest BCUT2D eigenvalue weighted by atomic mass is 9.97. The third kappa shape index (κ3) is 2.97. The average molecular weight is 268 g/mol. The number of rotatable bonds is 3. The van der Waals surface area contributed by atoms with E-state index in [1.54, 1.807) is 12.1 Å². The molecule has 18 heavy (non-hydrogen) atoms. The molecule has 0 aromatic heterocycles. The number of benzene rings is 1. The summed E-state index contributed by atoms with van der Waals surface area (Å²) in [5.74, 6) is -0.114. The van der Waals surface area contributed by atoms with E-state index in [-0.39, 0.29) is 10.7 Å². The van der Waals surface area contributed by atoms with Gasteiger partial charge in [-0.1, -0.05) is 17.7 Å². The first-order valence-corrected chi connectivity index (χ1v) is 7.42. The van der Waals surface area contributed by atoms with Crippen LogP contribution in [0.25, 0.3) is 0 Å². The molecule has 0 amide bonds. The standard InChI is InChI=1S/C13H16O4S/c1-10-6-8-11(9-7-10)18(15,16)17-13-5-3-2-4-12(13)14/h6-9,13H,2-5H2,1H3/t13-/m1/s1. The SMILES string of the molecule is Cc1ccc(S(=O)(=O)O[C@@H]2CCCCC2=O)cc1. The molecule has 1 atom stereocenters. The summed E-state index contributed by atoms with van der Waals surface area (Å²) in [6.45, 7) is 1.88. The number of hydrogen-bond donors (Lipinski definition) is 0. The quantitative estimate of drug-likeness (QED) is 0.789. The topological polar surface area (TPSA) is 60.4 Å². The Hall–Kier alpha value is -1.20. The third-order valence-corrected chi connectivity index (χ3v) is 4.39. The molecule has 0 radical (unpaired) electrons. The first-order valence-electron chi connectivity index (χ1n) is 6.02. The molecule has 1 saturated carbocycles. The Kier molecular flexibility index (Phi) is 3.82. The van der Waals surface area contributed by atoms with Crippen LogP contribution in [0.4, 0.5) is 0 Å². The second kappa shape index (κ2) is 5.20. The summed E-state index contributed by atoms with van der Waals surface area (Å²) >= 11 is 0. The van der Waals surface area contributed by atoms with Crippen molar-refractivity contribution in [1.82, 2.24) is 0 Å². The Labute approximate surface area is 107 Å². The number of carbonyl (C=O) groups excluding carboxylic acids is 1. The van der Waals surface area contributed by atoms with E-state index in [9.17, 15) is 13.2 Å². The molecule has 1 aromatic carbocycles. The van der Waals surface area contributed by atoms with E-state index in [0.29, 0.717) is 12.8 Å². The van der Waals surface area contributed by atoms with E-state index >= 15 is 0 Å². The predicted molar refractivity (Wildman–Crippen MR) is 66.7 cm³/mol. The molecule has 1 fully saturated rings. The normalized spacial score (nSPS) is 20.9. The number of hydrogen-bond acceptors (Lipinski definition) is 4. The van der Waals surface area contributed by atoms with Gasteiger partial charge in [0.15, 0.2) is 5.78 Å². The number of Topliss-reactive ketones (excluding diaryl/α,β-unsaturated/α-hetero) is 1. The maximum Gasteiger partial charge on any atom is 0.297 e. The summed E-state index contributed by atoms with van der Waals surface area (Å²) in [6.07, 6.45) is 1.76. The van der Waals surface area contributed by atoms with E-state index < -0.39 is 16.2 Å². The van der Waals surface area contributed by atoms with Gasteiger partial charge in [0.1, 0.15) is 6.10 Å². The van der Waals surface area contributed by atoms with E-state index in [1.165, 1.54) is 12.1 Å². The summed E-state index contributed by atoms with van der Waals surface area (Å²) in [4.78, 5) is 11.7. The molecular weight excluding hydrogens is 252 g/mol. The van der Waals surface area contributed by atoms with Crippen molar-refractivity contribution < 1.29 is 17.4 Å². The molecule has 0 unspecified atom stereocenters. The van der Waals surface area contributed by atoms with Gasteiger partial charge in [0, 0.05) is 6.42 Å². The molecule has 0 bridgehead atoms. The fourth-order valence-corrected chi connectivity index (χ4v) is 3.06. The van der Waals surface area contributed by atoms with Crippen molar-refractivity contribution in [2.45, 2.75) is 43.6 Å². The molecule has 1 aromatic rings. The molecule has 0 aliphatic heterocycles. The van der Waals surface area contributed by atoms with Crippen LogP contribution in [0.5, 0.6) is 0 Å². The van der Waals surface area contributed by atoms with Gasteiger partial charge in [-0.25, -0.2) is 0 Å². The zero-order valence-corrected chi connectivity index (χ0v) is 11.1. The Morgan fingerprint density at radius 1 is 1.17 bits per heavy atom. The maximum atomic E-state index is 12.0. The molecular formula is C13H16O4S. The second-order valence-electron chi connectivity index (χ2n) is 4.56. The van der Waals surface area contributed by atoms with Crippen molar-refractivity contribution in [3.63, 3.8) is 0 Å². The minimum Gasteiger partial charge on any atom is -0.297 e. The van der Waals surface area contributed by atoms with Crippen molar-refractivity contribution in [3.05, 3.63) is 29.8 Å². The summed E-state index contributed by atoms with van der Waals surface area (Å²) < 4.78 is 29.0. The van der Waals surface area contributed by atoms with Crippen molar-refractivity contribution >= 4 is 15.9 Å². The smallest absolute Gasteiger partial charge is 0.297 e. The molecule has 4 nitrogen and oxygen atoms in total. The van der Waals surface area contributed by atoms with Gasteiger partial charge in [0.2, 0.25) is 0 Å². The summed E-state index contributed by atoms with van der Waals surface area (Å²) in [6, 6.07) is 6.41. The lowest BCUT2D eigenvalue weighted by Gasteiger charge is -2.20. The van der Waals surface area contributed by atoms with Gasteiger partial charge >= 0.3 is 0 Å². The monoisotopic (exact) mass is 268 g/mol. The second-order valence-corrected chi connectivity index (χ2v) is 6.14. The summed E-state index contributed by atoms with van der Waals surface area (Å²) in [7, 11) is -3.83. The van der Waals surface area contributed by atoms with Crippen LogP contribution in [-0.2, 0) is 19.1 Å². The van der Waals surface area contributed by atoms with Crippen LogP contribution in [0.2, 0.25) is 0 Å². The lowest BCUT2D eigenvalue weighted by Crippen LogP contribution is -2.30. The van der Waals surface area contributed by atoms with Crippen LogP contribution in [0.1, 0.15) is 31.2 Å². The van der Waals surface area contributed by atoms with Gasteiger partial charge in [-0.05, 0) is 38.3 Å². The average Bonchev–Trinajstić information content (AvgIpc) is 2.32. The van der Waals surface area contributed by atoms with Crippen LogP contribution in [0.3, 0.4) is 0 Å². The van der Waals surface area contributed by atoms with Crippen LogP contribution in [-0.4, -0.2) is 20.3 Å². The Bertz CT molecular complexity index is 531. The molecule has 0 saturated heterocycles. The first kappa shape index (κ1) is 13.2. The van der Waals surface area contributed by atoms with E-state index in [4.69, 9.17) is 4.18 Å². The highest BCUT2D eigenvalue weighted by Crippen LogP contribution is 2.22. The van der Waals surface area contributed by atoms with Crippen molar-refractivity contribution in [2.24, 2.45) is 0 Å². The number of carbonyl (C=O) groups is 1. The molecule has 5 heteroatoms. The minimum absolute atomic E-state index is 0.103. The zero-order valence-electron chi connectivity index (χ0n) is 10.3. The van der Waals surface area contributed by atoms with Gasteiger partial charge in [-0.15, -0.1) is 0 Å². The number of aryl methyl sites for hydroxylation is 1. The molecule has 2 rings (SSSR count). The molecule has 0 heterocycles. The van der Waals surface area contributed by atoms with Crippen LogP contribution in [0, 0.1) is 6.92 Å². The van der Waals surface area contributed by atoms with Gasteiger partial charge in [0.05, 0.1) is 4.90 Å². The Morgan fingerprint density at radius 2 is 1.83 bits per heavy atom. The molecule has 98 valence electrons. The lowest BCUT2D eigenvalue weighted by molar-refractivity contribution is -0.127. The molecule has 0 spiro atoms. The summed E-state index contributed by atoms with van der Waals surface area (Å²) in [5, 5.41) is 0. The van der Waals surface area contributed by atoms with Crippen molar-refractivity contribution in [1.29, 1.82) is 0 Å². The number of ketones is 1. The predicted octanol–water partition coefficient (Wildman–Crippen LogP) is 2.21. The molecule has 1 aliphatic carbocycles. The van der Waals surface area contributed by atoms with Crippen molar-refractivity contribution in [3.8, 4) is 0 Å². The molecule has 1 aliphatic rings. The Balaban J connectivity index is 2.16. The fraction of sp³-hybridized carbons (Fsp3) is 0.462. The van der Waals surface area contributed by atoms with E-state index in [0.717, 1.165) is 18.4 Å². The van der Waals surface area contributed by atoms with Crippen LogP contribution >= 0.6 is 0 Å². The highest BCUT2D eigenvalue weighted by molar-refractivity contribution is 7.86. The molecule has 0 N–H and O–H groups in total. The van der Waals surface area contributed by atoms with Crippen molar-refractivity contribution in [2.75, 3.05) is 0 Å². The van der Waals surface area contributed by atoms with Crippen LogP contribution in [0.15, 0.2) is 29.2 Å². The van der Waals surface area contributed by atoms with Gasteiger partial charge < -0.3 is 0 Å². The minimum atomic E-state index is -3.83. The largest absolute Gasteiger partial charge is 0.297 e. The third-order valence-electron chi connectivity index (χ3n) is 3.05. The maximum absolute atomic E-state index is 12.0. The van der Waals surface area contributed by atoms with E-state index in [1.807, 2.05) is 6.92 Å². The van der Waals surface area contributed by atoms with Gasteiger partial charge in [-0.3, -0.25) is 8.98 Å². The highest BCUT2D eigenvalue weighted by Gasteiger charge is 2.29. The van der Waals surface area contributed by atoms with E-state index in [2.05, 4.69) is 0 Å². The highest BCUT2D eigenvalue weighted by atomic mass is 32.2. The fourth-order valence-electron chi connectivity index (χ4n) is 1.97. The first-order chi connectivity index (χ1) is 8.49. The zero-order chi connectivity index (χ0) is 13.2.